The van der Waals surface area contributed by atoms with E-state index in [0.29, 0.717) is 12.3 Å². The molecule has 224 valence electrons. The summed E-state index contributed by atoms with van der Waals surface area (Å²) >= 11 is 0. The maximum absolute atomic E-state index is 14.9. The second-order valence-electron chi connectivity index (χ2n) is 12.5. The Labute approximate surface area is 248 Å². The molecule has 4 aromatic rings. The van der Waals surface area contributed by atoms with Gasteiger partial charge in [0, 0.05) is 36.2 Å². The van der Waals surface area contributed by atoms with Gasteiger partial charge in [-0.25, -0.2) is 13.2 Å². The summed E-state index contributed by atoms with van der Waals surface area (Å²) in [6.45, 7) is 7.74. The molecule has 43 heavy (non-hydrogen) atoms. The number of aromatic nitrogens is 3. The van der Waals surface area contributed by atoms with Gasteiger partial charge < -0.3 is 4.74 Å². The minimum Gasteiger partial charge on any atom is -0.460 e. The number of pyridine rings is 1. The molecule has 1 aliphatic rings. The summed E-state index contributed by atoms with van der Waals surface area (Å²) in [5.74, 6) is -2.24. The lowest BCUT2D eigenvalue weighted by molar-refractivity contribution is -0.156. The van der Waals surface area contributed by atoms with Crippen molar-refractivity contribution in [3.8, 4) is 11.3 Å². The summed E-state index contributed by atoms with van der Waals surface area (Å²) < 4.78 is 49.2. The number of ether oxygens (including phenoxy) is 1. The largest absolute Gasteiger partial charge is 0.460 e. The fourth-order valence-electron chi connectivity index (χ4n) is 6.22. The molecule has 1 fully saturated rings. The molecule has 0 unspecified atom stereocenters. The Hall–Kier alpha value is -4.14. The monoisotopic (exact) mass is 589 g/mol. The fourth-order valence-corrected chi connectivity index (χ4v) is 6.22. The van der Waals surface area contributed by atoms with Crippen molar-refractivity contribution < 1.29 is 27.5 Å². The predicted molar refractivity (Wildman–Crippen MR) is 157 cm³/mol. The number of esters is 1. The Morgan fingerprint density at radius 3 is 2.42 bits per heavy atom. The highest BCUT2D eigenvalue weighted by molar-refractivity contribution is 6.07. The van der Waals surface area contributed by atoms with Crippen molar-refractivity contribution in [2.24, 2.45) is 11.8 Å². The van der Waals surface area contributed by atoms with Gasteiger partial charge in [0.15, 0.2) is 5.78 Å². The maximum Gasteiger partial charge on any atom is 0.306 e. The van der Waals surface area contributed by atoms with Crippen molar-refractivity contribution in [2.75, 3.05) is 0 Å². The molecule has 0 bridgehead atoms. The van der Waals surface area contributed by atoms with Crippen LogP contribution in [-0.2, 0) is 16.0 Å². The van der Waals surface area contributed by atoms with Gasteiger partial charge in [0.05, 0.1) is 11.3 Å². The van der Waals surface area contributed by atoms with E-state index in [1.807, 2.05) is 26.8 Å². The van der Waals surface area contributed by atoms with Crippen LogP contribution in [0.25, 0.3) is 22.2 Å². The van der Waals surface area contributed by atoms with E-state index in [1.54, 1.807) is 12.4 Å². The molecule has 5 rings (SSSR count). The molecule has 3 atom stereocenters. The molecule has 2 aromatic carbocycles. The van der Waals surface area contributed by atoms with Crippen molar-refractivity contribution in [1.82, 2.24) is 15.2 Å². The van der Waals surface area contributed by atoms with E-state index in [1.165, 1.54) is 18.2 Å². The van der Waals surface area contributed by atoms with E-state index >= 15 is 0 Å². The van der Waals surface area contributed by atoms with Crippen molar-refractivity contribution in [3.63, 3.8) is 0 Å². The average molecular weight is 590 g/mol. The van der Waals surface area contributed by atoms with Crippen LogP contribution in [-0.4, -0.2) is 32.5 Å². The second kappa shape index (κ2) is 12.2. The standard InChI is InChI=1S/C34H34F3N3O3/c1-19-12-20(15-31(42)43-34(2,3)4)14-21(13-19)23-10-11-38-18-22(23)16-30(41)24-8-9-26(35)25-17-29(39-40-33(24)25)32-27(36)6-5-7-28(32)37/h5-11,17-21H,12-16H2,1-4H3/t19-,20+,21-/m1/s1. The molecule has 1 aliphatic carbocycles. The lowest BCUT2D eigenvalue weighted by Crippen LogP contribution is -2.28. The third kappa shape index (κ3) is 6.92. The van der Waals surface area contributed by atoms with Crippen LogP contribution in [0.2, 0.25) is 0 Å². The molecule has 1 saturated carbocycles. The molecule has 0 N–H and O–H groups in total. The topological polar surface area (TPSA) is 82.0 Å². The minimum absolute atomic E-state index is 0.00308. The smallest absolute Gasteiger partial charge is 0.306 e. The highest BCUT2D eigenvalue weighted by Gasteiger charge is 2.32. The van der Waals surface area contributed by atoms with Gasteiger partial charge in [-0.2, -0.15) is 0 Å². The molecule has 0 aliphatic heterocycles. The first-order chi connectivity index (χ1) is 20.4. The van der Waals surface area contributed by atoms with Crippen molar-refractivity contribution in [3.05, 3.63) is 89.0 Å². The third-order valence-corrected chi connectivity index (χ3v) is 7.87. The highest BCUT2D eigenvalue weighted by atomic mass is 19.1. The predicted octanol–water partition coefficient (Wildman–Crippen LogP) is 7.79. The number of ketones is 1. The summed E-state index contributed by atoms with van der Waals surface area (Å²) in [4.78, 5) is 30.5. The summed E-state index contributed by atoms with van der Waals surface area (Å²) in [6, 6.07) is 9.02. The molecular formula is C34H34F3N3O3. The summed E-state index contributed by atoms with van der Waals surface area (Å²) in [5.41, 5.74) is 0.781. The molecule has 0 spiro atoms. The van der Waals surface area contributed by atoms with Crippen LogP contribution in [0.5, 0.6) is 0 Å². The van der Waals surface area contributed by atoms with Gasteiger partial charge in [-0.3, -0.25) is 14.6 Å². The van der Waals surface area contributed by atoms with E-state index in [0.717, 1.165) is 48.6 Å². The van der Waals surface area contributed by atoms with Crippen LogP contribution >= 0.6 is 0 Å². The van der Waals surface area contributed by atoms with Crippen LogP contribution < -0.4 is 0 Å². The fraction of sp³-hybridized carbons (Fsp3) is 0.382. The normalized spacial score (nSPS) is 18.9. The number of nitrogens with zero attached hydrogens (tertiary/aromatic N) is 3. The van der Waals surface area contributed by atoms with Gasteiger partial charge in [0.2, 0.25) is 0 Å². The minimum atomic E-state index is -0.851. The molecule has 0 saturated heterocycles. The van der Waals surface area contributed by atoms with Gasteiger partial charge in [0.1, 0.15) is 28.6 Å². The number of carbonyl (C=O) groups is 2. The Bertz CT molecular complexity index is 1660. The third-order valence-electron chi connectivity index (χ3n) is 7.87. The number of benzene rings is 2. The molecule has 2 heterocycles. The zero-order valence-electron chi connectivity index (χ0n) is 24.7. The summed E-state index contributed by atoms with van der Waals surface area (Å²) in [5, 5.41) is 7.93. The quantitative estimate of drug-likeness (QED) is 0.162. The van der Waals surface area contributed by atoms with Crippen LogP contribution in [0.4, 0.5) is 13.2 Å². The zero-order chi connectivity index (χ0) is 30.9. The highest BCUT2D eigenvalue weighted by Crippen LogP contribution is 2.42. The Morgan fingerprint density at radius 1 is 0.953 bits per heavy atom. The van der Waals surface area contributed by atoms with Crippen LogP contribution in [0.1, 0.15) is 80.8 Å². The average Bonchev–Trinajstić information content (AvgIpc) is 2.92. The number of Topliss-reactive ketones (excluding diaryl/α,β-unsaturated/α-hetero) is 1. The zero-order valence-corrected chi connectivity index (χ0v) is 24.7. The number of halogens is 3. The van der Waals surface area contributed by atoms with Gasteiger partial charge in [-0.15, -0.1) is 10.2 Å². The molecule has 9 heteroatoms. The molecule has 0 radical (unpaired) electrons. The van der Waals surface area contributed by atoms with E-state index in [4.69, 9.17) is 4.74 Å². The Balaban J connectivity index is 1.41. The SMILES string of the molecule is C[C@@H]1C[C@H](CC(=O)OC(C)(C)C)C[C@H](c2ccncc2CC(=O)c2ccc(F)c3cc(-c4c(F)cccc4F)nnc23)C1. The van der Waals surface area contributed by atoms with Gasteiger partial charge in [-0.1, -0.05) is 13.0 Å². The first-order valence-electron chi connectivity index (χ1n) is 14.5. The van der Waals surface area contributed by atoms with Crippen LogP contribution in [0.15, 0.2) is 54.9 Å². The van der Waals surface area contributed by atoms with E-state index < -0.39 is 28.6 Å². The first kappa shape index (κ1) is 30.3. The van der Waals surface area contributed by atoms with Crippen molar-refractivity contribution in [1.29, 1.82) is 0 Å². The number of hydrogen-bond donors (Lipinski definition) is 0. The van der Waals surface area contributed by atoms with E-state index in [9.17, 15) is 22.8 Å². The summed E-state index contributed by atoms with van der Waals surface area (Å²) in [6.07, 6.45) is 6.34. The van der Waals surface area contributed by atoms with E-state index in [-0.39, 0.29) is 52.2 Å². The number of hydrogen-bond acceptors (Lipinski definition) is 6. The lowest BCUT2D eigenvalue weighted by Gasteiger charge is -2.34. The van der Waals surface area contributed by atoms with Crippen molar-refractivity contribution >= 4 is 22.7 Å². The van der Waals surface area contributed by atoms with Crippen LogP contribution in [0.3, 0.4) is 0 Å². The van der Waals surface area contributed by atoms with Gasteiger partial charge in [0.25, 0.3) is 0 Å². The van der Waals surface area contributed by atoms with Gasteiger partial charge >= 0.3 is 5.97 Å². The molecule has 2 aromatic heterocycles. The molecule has 0 amide bonds. The lowest BCUT2D eigenvalue weighted by atomic mass is 9.71. The van der Waals surface area contributed by atoms with Crippen molar-refractivity contribution in [2.45, 2.75) is 71.3 Å². The summed E-state index contributed by atoms with van der Waals surface area (Å²) in [7, 11) is 0. The number of rotatable bonds is 7. The molecular weight excluding hydrogens is 555 g/mol. The Morgan fingerprint density at radius 2 is 1.70 bits per heavy atom. The Kier molecular flexibility index (Phi) is 8.62. The maximum atomic E-state index is 14.9. The van der Waals surface area contributed by atoms with Crippen LogP contribution in [0, 0.1) is 29.3 Å². The number of carbonyl (C=O) groups excluding carboxylic acids is 2. The number of fused-ring (bicyclic) bond motifs is 1. The van der Waals surface area contributed by atoms with Gasteiger partial charge in [-0.05, 0) is 105 Å². The first-order valence-corrected chi connectivity index (χ1v) is 14.5. The van der Waals surface area contributed by atoms with E-state index in [2.05, 4.69) is 22.1 Å². The second-order valence-corrected chi connectivity index (χ2v) is 12.5. The molecule has 6 nitrogen and oxygen atoms in total.